The number of H-pyrrole nitrogens is 1. The Labute approximate surface area is 139 Å². The third-order valence-electron chi connectivity index (χ3n) is 3.10. The van der Waals surface area contributed by atoms with Crippen LogP contribution < -0.4 is 11.0 Å². The number of carbonyl (C=O) groups excluding carboxylic acids is 1. The number of anilines is 1. The van der Waals surface area contributed by atoms with E-state index in [2.05, 4.69) is 15.5 Å². The van der Waals surface area contributed by atoms with Gasteiger partial charge in [-0.05, 0) is 18.6 Å². The Morgan fingerprint density at radius 1 is 1.33 bits per heavy atom. The number of unbranched alkanes of at least 4 members (excludes halogenated alkanes) is 1. The fraction of sp³-hybridized carbons (Fsp3) is 0.357. The zero-order chi connectivity index (χ0) is 17.7. The summed E-state index contributed by atoms with van der Waals surface area (Å²) in [6.07, 6.45) is 1.66. The van der Waals surface area contributed by atoms with Gasteiger partial charge < -0.3 is 5.32 Å². The minimum absolute atomic E-state index is 0.172. The molecular weight excluding hydrogens is 345 g/mol. The first kappa shape index (κ1) is 18.1. The second-order valence-corrected chi connectivity index (χ2v) is 5.82. The van der Waals surface area contributed by atoms with Gasteiger partial charge in [0.1, 0.15) is 0 Å². The highest BCUT2D eigenvalue weighted by Gasteiger charge is 2.16. The Bertz CT molecular complexity index is 791. The van der Waals surface area contributed by atoms with Crippen molar-refractivity contribution in [3.05, 3.63) is 40.1 Å². The molecule has 0 aliphatic heterocycles. The van der Waals surface area contributed by atoms with E-state index in [4.69, 9.17) is 0 Å². The normalized spacial score (nSPS) is 10.8. The van der Waals surface area contributed by atoms with Crippen molar-refractivity contribution < 1.29 is 18.0 Å². The van der Waals surface area contributed by atoms with Crippen molar-refractivity contribution in [3.63, 3.8) is 0 Å². The number of thioether (sulfide) groups is 1. The average Bonchev–Trinajstić information content (AvgIpc) is 2.91. The minimum Gasteiger partial charge on any atom is -0.323 e. The second kappa shape index (κ2) is 8.04. The molecule has 2 N–H and O–H groups in total. The van der Waals surface area contributed by atoms with Crippen LogP contribution in [0.3, 0.4) is 0 Å². The van der Waals surface area contributed by atoms with E-state index in [1.165, 1.54) is 4.57 Å². The summed E-state index contributed by atoms with van der Waals surface area (Å²) in [5, 5.41) is 8.59. The number of nitrogens with zero attached hydrogens (tertiary/aromatic N) is 2. The molecule has 0 aliphatic rings. The number of halogens is 3. The van der Waals surface area contributed by atoms with Crippen LogP contribution in [-0.4, -0.2) is 26.4 Å². The van der Waals surface area contributed by atoms with Gasteiger partial charge in [0.15, 0.2) is 22.6 Å². The Hall–Kier alpha value is -2.23. The first-order valence-corrected chi connectivity index (χ1v) is 8.14. The second-order valence-electron chi connectivity index (χ2n) is 4.88. The van der Waals surface area contributed by atoms with Crippen LogP contribution in [0.2, 0.25) is 0 Å². The molecule has 1 aromatic heterocycles. The van der Waals surface area contributed by atoms with E-state index in [1.54, 1.807) is 0 Å². The van der Waals surface area contributed by atoms with Gasteiger partial charge in [-0.2, -0.15) is 0 Å². The van der Waals surface area contributed by atoms with E-state index in [0.717, 1.165) is 36.7 Å². The smallest absolute Gasteiger partial charge is 0.323 e. The first-order chi connectivity index (χ1) is 11.4. The summed E-state index contributed by atoms with van der Waals surface area (Å²) < 4.78 is 40.8. The number of hydrogen-bond acceptors (Lipinski definition) is 4. The lowest BCUT2D eigenvalue weighted by atomic mass is 10.3. The van der Waals surface area contributed by atoms with Gasteiger partial charge in [-0.15, -0.1) is 5.10 Å². The number of amides is 1. The highest BCUT2D eigenvalue weighted by atomic mass is 32.2. The summed E-state index contributed by atoms with van der Waals surface area (Å²) >= 11 is 0.977. The van der Waals surface area contributed by atoms with Crippen LogP contribution in [0.5, 0.6) is 0 Å². The standard InChI is InChI=1S/C14H15F3N4O2S/c1-2-3-6-21-13(23)19-20-14(21)24-7-10(22)18-9-5-4-8(15)11(16)12(9)17/h4-5H,2-3,6-7H2,1H3,(H,18,22)(H,19,23). The van der Waals surface area contributed by atoms with Crippen molar-refractivity contribution in [2.45, 2.75) is 31.5 Å². The number of aromatic amines is 1. The molecule has 0 bridgehead atoms. The molecule has 130 valence electrons. The molecular formula is C14H15F3N4O2S. The largest absolute Gasteiger partial charge is 0.343 e. The van der Waals surface area contributed by atoms with E-state index in [0.29, 0.717) is 11.7 Å². The highest BCUT2D eigenvalue weighted by molar-refractivity contribution is 7.99. The number of aromatic nitrogens is 3. The molecule has 0 fully saturated rings. The molecule has 10 heteroatoms. The Morgan fingerprint density at radius 2 is 2.08 bits per heavy atom. The van der Waals surface area contributed by atoms with Crippen LogP contribution in [0.4, 0.5) is 18.9 Å². The Morgan fingerprint density at radius 3 is 2.79 bits per heavy atom. The summed E-state index contributed by atoms with van der Waals surface area (Å²) in [6, 6.07) is 1.65. The van der Waals surface area contributed by atoms with Gasteiger partial charge in [0.25, 0.3) is 0 Å². The lowest BCUT2D eigenvalue weighted by Crippen LogP contribution is -2.19. The minimum atomic E-state index is -1.65. The SMILES string of the molecule is CCCCn1c(SCC(=O)Nc2ccc(F)c(F)c2F)n[nH]c1=O. The van der Waals surface area contributed by atoms with Crippen LogP contribution >= 0.6 is 11.8 Å². The fourth-order valence-corrected chi connectivity index (χ4v) is 2.64. The van der Waals surface area contributed by atoms with E-state index in [9.17, 15) is 22.8 Å². The maximum absolute atomic E-state index is 13.5. The van der Waals surface area contributed by atoms with E-state index in [-0.39, 0.29) is 11.4 Å². The van der Waals surface area contributed by atoms with E-state index >= 15 is 0 Å². The predicted molar refractivity (Wildman–Crippen MR) is 83.4 cm³/mol. The molecule has 0 atom stereocenters. The fourth-order valence-electron chi connectivity index (χ4n) is 1.87. The summed E-state index contributed by atoms with van der Waals surface area (Å²) in [4.78, 5) is 23.4. The topological polar surface area (TPSA) is 79.8 Å². The van der Waals surface area contributed by atoms with Gasteiger partial charge in [-0.25, -0.2) is 23.1 Å². The highest BCUT2D eigenvalue weighted by Crippen LogP contribution is 2.20. The van der Waals surface area contributed by atoms with Crippen LogP contribution in [0.25, 0.3) is 0 Å². The summed E-state index contributed by atoms with van der Waals surface area (Å²) in [5.41, 5.74) is -0.831. The van der Waals surface area contributed by atoms with Crippen molar-refractivity contribution in [2.24, 2.45) is 0 Å². The lowest BCUT2D eigenvalue weighted by molar-refractivity contribution is -0.113. The van der Waals surface area contributed by atoms with E-state index in [1.807, 2.05) is 6.92 Å². The zero-order valence-electron chi connectivity index (χ0n) is 12.7. The van der Waals surface area contributed by atoms with Gasteiger partial charge in [0.05, 0.1) is 11.4 Å². The maximum atomic E-state index is 13.5. The van der Waals surface area contributed by atoms with Crippen molar-refractivity contribution in [3.8, 4) is 0 Å². The maximum Gasteiger partial charge on any atom is 0.343 e. The third-order valence-corrected chi connectivity index (χ3v) is 4.08. The van der Waals surface area contributed by atoms with Gasteiger partial charge in [-0.3, -0.25) is 9.36 Å². The molecule has 2 aromatic rings. The molecule has 0 saturated carbocycles. The van der Waals surface area contributed by atoms with Crippen molar-refractivity contribution in [2.75, 3.05) is 11.1 Å². The molecule has 1 aromatic carbocycles. The van der Waals surface area contributed by atoms with Gasteiger partial charge >= 0.3 is 5.69 Å². The predicted octanol–water partition coefficient (Wildman–Crippen LogP) is 2.52. The summed E-state index contributed by atoms with van der Waals surface area (Å²) in [7, 11) is 0. The molecule has 0 saturated heterocycles. The van der Waals surface area contributed by atoms with Crippen molar-refractivity contribution >= 4 is 23.4 Å². The number of benzene rings is 1. The third kappa shape index (κ3) is 4.19. The molecule has 0 aliphatic carbocycles. The lowest BCUT2D eigenvalue weighted by Gasteiger charge is -2.07. The molecule has 0 unspecified atom stereocenters. The van der Waals surface area contributed by atoms with Crippen LogP contribution in [0, 0.1) is 17.5 Å². The summed E-state index contributed by atoms with van der Waals surface area (Å²) in [5.74, 6) is -5.26. The quantitative estimate of drug-likeness (QED) is 0.587. The van der Waals surface area contributed by atoms with Crippen molar-refractivity contribution in [1.29, 1.82) is 0 Å². The van der Waals surface area contributed by atoms with Crippen LogP contribution in [0.15, 0.2) is 22.1 Å². The number of nitrogens with one attached hydrogen (secondary N) is 2. The molecule has 1 heterocycles. The first-order valence-electron chi connectivity index (χ1n) is 7.15. The molecule has 24 heavy (non-hydrogen) atoms. The zero-order valence-corrected chi connectivity index (χ0v) is 13.6. The van der Waals surface area contributed by atoms with Gasteiger partial charge in [0, 0.05) is 6.54 Å². The monoisotopic (exact) mass is 360 g/mol. The number of hydrogen-bond donors (Lipinski definition) is 2. The number of carbonyl (C=O) groups is 1. The molecule has 0 spiro atoms. The Balaban J connectivity index is 1.99. The average molecular weight is 360 g/mol. The van der Waals surface area contributed by atoms with Crippen LogP contribution in [0.1, 0.15) is 19.8 Å². The summed E-state index contributed by atoms with van der Waals surface area (Å²) in [6.45, 7) is 2.44. The molecule has 0 radical (unpaired) electrons. The van der Waals surface area contributed by atoms with Crippen LogP contribution in [-0.2, 0) is 11.3 Å². The molecule has 2 rings (SSSR count). The Kier molecular flexibility index (Phi) is 6.07. The van der Waals surface area contributed by atoms with Gasteiger partial charge in [-0.1, -0.05) is 25.1 Å². The van der Waals surface area contributed by atoms with E-state index < -0.39 is 29.0 Å². The van der Waals surface area contributed by atoms with Gasteiger partial charge in [0.2, 0.25) is 5.91 Å². The number of rotatable bonds is 7. The van der Waals surface area contributed by atoms with Crippen molar-refractivity contribution in [1.82, 2.24) is 14.8 Å². The molecule has 1 amide bonds. The molecule has 6 nitrogen and oxygen atoms in total.